The second kappa shape index (κ2) is 8.64. The summed E-state index contributed by atoms with van der Waals surface area (Å²) >= 11 is 5.30. The highest BCUT2D eigenvalue weighted by atomic mass is 79.9. The summed E-state index contributed by atoms with van der Waals surface area (Å²) in [4.78, 5) is 1.30. The standard InChI is InChI=1S/C22H23BrS/c1-2-3-4-5-6-17-7-9-18(10-8-17)19-11-13-20(14-12-19)21-15-16-22(23)24-21/h7-16H,2-6H2,1H3. The highest BCUT2D eigenvalue weighted by Crippen LogP contribution is 2.32. The van der Waals surface area contributed by atoms with Crippen LogP contribution < -0.4 is 0 Å². The number of rotatable bonds is 7. The number of benzene rings is 2. The van der Waals surface area contributed by atoms with Gasteiger partial charge in [-0.3, -0.25) is 0 Å². The lowest BCUT2D eigenvalue weighted by Gasteiger charge is -2.06. The first-order valence-corrected chi connectivity index (χ1v) is 10.3. The average molecular weight is 399 g/mol. The van der Waals surface area contributed by atoms with Gasteiger partial charge in [-0.25, -0.2) is 0 Å². The summed E-state index contributed by atoms with van der Waals surface area (Å²) in [7, 11) is 0. The zero-order chi connectivity index (χ0) is 16.8. The lowest BCUT2D eigenvalue weighted by Crippen LogP contribution is -1.86. The van der Waals surface area contributed by atoms with Crippen LogP contribution in [0, 0.1) is 0 Å². The predicted molar refractivity (Wildman–Crippen MR) is 111 cm³/mol. The zero-order valence-corrected chi connectivity index (χ0v) is 16.5. The Morgan fingerprint density at radius 2 is 1.33 bits per heavy atom. The maximum atomic E-state index is 3.53. The van der Waals surface area contributed by atoms with Crippen molar-refractivity contribution in [1.29, 1.82) is 0 Å². The van der Waals surface area contributed by atoms with Gasteiger partial charge in [0.25, 0.3) is 0 Å². The van der Waals surface area contributed by atoms with E-state index in [1.165, 1.54) is 63.0 Å². The van der Waals surface area contributed by atoms with Crippen molar-refractivity contribution in [3.05, 3.63) is 70.0 Å². The van der Waals surface area contributed by atoms with Crippen LogP contribution in [0.1, 0.15) is 38.2 Å². The van der Waals surface area contributed by atoms with Crippen molar-refractivity contribution < 1.29 is 0 Å². The van der Waals surface area contributed by atoms with Crippen molar-refractivity contribution >= 4 is 27.3 Å². The van der Waals surface area contributed by atoms with Gasteiger partial charge in [-0.05, 0) is 63.2 Å². The van der Waals surface area contributed by atoms with Crippen molar-refractivity contribution in [2.24, 2.45) is 0 Å². The minimum absolute atomic E-state index is 1.18. The summed E-state index contributed by atoms with van der Waals surface area (Å²) in [5.41, 5.74) is 5.31. The molecule has 0 saturated carbocycles. The number of unbranched alkanes of at least 4 members (excludes halogenated alkanes) is 3. The molecule has 0 aliphatic carbocycles. The van der Waals surface area contributed by atoms with E-state index >= 15 is 0 Å². The molecule has 0 nitrogen and oxygen atoms in total. The normalized spacial score (nSPS) is 10.9. The van der Waals surface area contributed by atoms with Crippen molar-refractivity contribution in [1.82, 2.24) is 0 Å². The molecule has 0 atom stereocenters. The summed E-state index contributed by atoms with van der Waals surface area (Å²) in [5, 5.41) is 0. The largest absolute Gasteiger partial charge is 0.128 e. The zero-order valence-electron chi connectivity index (χ0n) is 14.1. The molecule has 0 fully saturated rings. The van der Waals surface area contributed by atoms with Crippen molar-refractivity contribution in [2.75, 3.05) is 0 Å². The van der Waals surface area contributed by atoms with Crippen molar-refractivity contribution in [2.45, 2.75) is 39.0 Å². The molecular formula is C22H23BrS. The van der Waals surface area contributed by atoms with Crippen LogP contribution in [-0.2, 0) is 6.42 Å². The minimum Gasteiger partial charge on any atom is -0.128 e. The van der Waals surface area contributed by atoms with Crippen LogP contribution in [0.15, 0.2) is 64.5 Å². The molecule has 0 saturated heterocycles. The summed E-state index contributed by atoms with van der Waals surface area (Å²) in [6, 6.07) is 22.2. The van der Waals surface area contributed by atoms with Gasteiger partial charge < -0.3 is 0 Å². The summed E-state index contributed by atoms with van der Waals surface area (Å²) in [6.45, 7) is 2.26. The third-order valence-electron chi connectivity index (χ3n) is 4.35. The number of thiophene rings is 1. The van der Waals surface area contributed by atoms with Crippen LogP contribution >= 0.6 is 27.3 Å². The first kappa shape index (κ1) is 17.4. The van der Waals surface area contributed by atoms with Crippen LogP contribution in [-0.4, -0.2) is 0 Å². The SMILES string of the molecule is CCCCCCc1ccc(-c2ccc(-c3ccc(Br)s3)cc2)cc1. The Morgan fingerprint density at radius 1 is 0.708 bits per heavy atom. The van der Waals surface area contributed by atoms with Gasteiger partial charge in [-0.1, -0.05) is 74.7 Å². The Labute approximate surface area is 157 Å². The quantitative estimate of drug-likeness (QED) is 0.354. The van der Waals surface area contributed by atoms with Gasteiger partial charge in [-0.15, -0.1) is 11.3 Å². The van der Waals surface area contributed by atoms with Gasteiger partial charge in [0.15, 0.2) is 0 Å². The second-order valence-electron chi connectivity index (χ2n) is 6.19. The number of hydrogen-bond donors (Lipinski definition) is 0. The first-order valence-electron chi connectivity index (χ1n) is 8.71. The van der Waals surface area contributed by atoms with Gasteiger partial charge >= 0.3 is 0 Å². The number of halogens is 1. The molecule has 124 valence electrons. The molecule has 0 amide bonds. The lowest BCUT2D eigenvalue weighted by molar-refractivity contribution is 0.667. The molecule has 1 heterocycles. The van der Waals surface area contributed by atoms with Gasteiger partial charge in [0, 0.05) is 4.88 Å². The Balaban J connectivity index is 1.66. The van der Waals surface area contributed by atoms with E-state index in [0.717, 1.165) is 0 Å². The van der Waals surface area contributed by atoms with E-state index in [9.17, 15) is 0 Å². The van der Waals surface area contributed by atoms with Crippen molar-refractivity contribution in [3.8, 4) is 21.6 Å². The van der Waals surface area contributed by atoms with E-state index in [1.807, 2.05) is 0 Å². The first-order chi connectivity index (χ1) is 11.8. The van der Waals surface area contributed by atoms with Crippen LogP contribution in [0.5, 0.6) is 0 Å². The van der Waals surface area contributed by atoms with Gasteiger partial charge in [0.1, 0.15) is 0 Å². The maximum Gasteiger partial charge on any atom is 0.0705 e. The molecule has 1 aromatic heterocycles. The third kappa shape index (κ3) is 4.58. The smallest absolute Gasteiger partial charge is 0.0705 e. The number of hydrogen-bond acceptors (Lipinski definition) is 1. The Bertz CT molecular complexity index is 753. The fraction of sp³-hybridized carbons (Fsp3) is 0.273. The minimum atomic E-state index is 1.18. The Hall–Kier alpha value is -1.38. The highest BCUT2D eigenvalue weighted by Gasteiger charge is 2.03. The van der Waals surface area contributed by atoms with E-state index in [2.05, 4.69) is 83.5 Å². The molecule has 3 aromatic rings. The monoisotopic (exact) mass is 398 g/mol. The molecule has 2 aromatic carbocycles. The summed E-state index contributed by atoms with van der Waals surface area (Å²) in [6.07, 6.45) is 6.51. The summed E-state index contributed by atoms with van der Waals surface area (Å²) in [5.74, 6) is 0. The topological polar surface area (TPSA) is 0 Å². The molecule has 3 rings (SSSR count). The van der Waals surface area contributed by atoms with Crippen LogP contribution in [0.2, 0.25) is 0 Å². The van der Waals surface area contributed by atoms with Crippen LogP contribution in [0.25, 0.3) is 21.6 Å². The van der Waals surface area contributed by atoms with E-state index in [4.69, 9.17) is 0 Å². The molecule has 0 aliphatic rings. The summed E-state index contributed by atoms with van der Waals surface area (Å²) < 4.78 is 1.18. The maximum absolute atomic E-state index is 3.53. The second-order valence-corrected chi connectivity index (χ2v) is 8.65. The van der Waals surface area contributed by atoms with Crippen LogP contribution in [0.4, 0.5) is 0 Å². The predicted octanol–water partition coefficient (Wildman–Crippen LogP) is 7.97. The van der Waals surface area contributed by atoms with E-state index < -0.39 is 0 Å². The molecule has 0 radical (unpaired) electrons. The Morgan fingerprint density at radius 3 is 1.92 bits per heavy atom. The van der Waals surface area contributed by atoms with Gasteiger partial charge in [-0.2, -0.15) is 0 Å². The molecular weight excluding hydrogens is 376 g/mol. The average Bonchev–Trinajstić information content (AvgIpc) is 3.06. The van der Waals surface area contributed by atoms with E-state index in [0.29, 0.717) is 0 Å². The van der Waals surface area contributed by atoms with Crippen molar-refractivity contribution in [3.63, 3.8) is 0 Å². The molecule has 0 spiro atoms. The highest BCUT2D eigenvalue weighted by molar-refractivity contribution is 9.11. The molecule has 0 bridgehead atoms. The molecule has 0 N–H and O–H groups in total. The fourth-order valence-corrected chi connectivity index (χ4v) is 4.31. The molecule has 2 heteroatoms. The molecule has 0 aliphatic heterocycles. The fourth-order valence-electron chi connectivity index (χ4n) is 2.92. The molecule has 0 unspecified atom stereocenters. The number of aryl methyl sites for hydroxylation is 1. The Kier molecular flexibility index (Phi) is 6.28. The lowest BCUT2D eigenvalue weighted by atomic mass is 10.00. The van der Waals surface area contributed by atoms with E-state index in [-0.39, 0.29) is 0 Å². The van der Waals surface area contributed by atoms with E-state index in [1.54, 1.807) is 11.3 Å². The van der Waals surface area contributed by atoms with Gasteiger partial charge in [0.2, 0.25) is 0 Å². The van der Waals surface area contributed by atoms with Crippen LogP contribution in [0.3, 0.4) is 0 Å². The van der Waals surface area contributed by atoms with Gasteiger partial charge in [0.05, 0.1) is 3.79 Å². The molecule has 24 heavy (non-hydrogen) atoms. The third-order valence-corrected chi connectivity index (χ3v) is 6.02.